The molecule has 2 aromatic carbocycles. The molecule has 26 heavy (non-hydrogen) atoms. The van der Waals surface area contributed by atoms with E-state index < -0.39 is 0 Å². The lowest BCUT2D eigenvalue weighted by Crippen LogP contribution is -2.35. The van der Waals surface area contributed by atoms with Crippen LogP contribution in [0.3, 0.4) is 0 Å². The summed E-state index contributed by atoms with van der Waals surface area (Å²) >= 11 is 0. The van der Waals surface area contributed by atoms with Crippen molar-refractivity contribution >= 4 is 11.7 Å². The molecule has 0 fully saturated rings. The molecule has 0 aliphatic carbocycles. The maximum atomic E-state index is 14.0. The number of benzene rings is 2. The molecular formula is C21H19FN2O2. The average Bonchev–Trinajstić information content (AvgIpc) is 2.66. The lowest BCUT2D eigenvalue weighted by atomic mass is 10.2. The van der Waals surface area contributed by atoms with Gasteiger partial charge in [0.2, 0.25) is 0 Å². The first kappa shape index (κ1) is 17.6. The van der Waals surface area contributed by atoms with Crippen molar-refractivity contribution in [2.45, 2.75) is 13.5 Å². The summed E-state index contributed by atoms with van der Waals surface area (Å²) in [6.45, 7) is 1.88. The fourth-order valence-electron chi connectivity index (χ4n) is 2.54. The maximum Gasteiger partial charge on any atom is 0.266 e. The van der Waals surface area contributed by atoms with Gasteiger partial charge in [0.05, 0.1) is 6.54 Å². The third-order valence-corrected chi connectivity index (χ3v) is 3.87. The van der Waals surface area contributed by atoms with E-state index >= 15 is 0 Å². The van der Waals surface area contributed by atoms with Gasteiger partial charge in [0, 0.05) is 11.8 Å². The summed E-state index contributed by atoms with van der Waals surface area (Å²) < 4.78 is 19.6. The van der Waals surface area contributed by atoms with Crippen molar-refractivity contribution < 1.29 is 13.9 Å². The predicted molar refractivity (Wildman–Crippen MR) is 98.5 cm³/mol. The molecule has 0 unspecified atom stereocenters. The van der Waals surface area contributed by atoms with Crippen LogP contribution in [0, 0.1) is 12.7 Å². The van der Waals surface area contributed by atoms with Gasteiger partial charge in [0.25, 0.3) is 5.91 Å². The van der Waals surface area contributed by atoms with E-state index in [2.05, 4.69) is 4.98 Å². The molecule has 0 aliphatic heterocycles. The average molecular weight is 350 g/mol. The van der Waals surface area contributed by atoms with Crippen LogP contribution in [0.25, 0.3) is 0 Å². The Labute approximate surface area is 151 Å². The minimum absolute atomic E-state index is 0.0830. The number of carbonyl (C=O) groups excluding carboxylic acids is 1. The Balaban J connectivity index is 1.78. The molecule has 1 aromatic heterocycles. The first-order chi connectivity index (χ1) is 12.6. The van der Waals surface area contributed by atoms with E-state index in [0.717, 1.165) is 5.56 Å². The van der Waals surface area contributed by atoms with Crippen molar-refractivity contribution in [3.05, 3.63) is 89.9 Å². The predicted octanol–water partition coefficient (Wildman–Crippen LogP) is 4.14. The van der Waals surface area contributed by atoms with Crippen LogP contribution >= 0.6 is 0 Å². The molecule has 1 heterocycles. The minimum Gasteiger partial charge on any atom is -0.484 e. The second-order valence-electron chi connectivity index (χ2n) is 5.86. The molecule has 0 atom stereocenters. The van der Waals surface area contributed by atoms with Gasteiger partial charge in [-0.25, -0.2) is 9.37 Å². The number of aryl methyl sites for hydroxylation is 1. The van der Waals surface area contributed by atoms with Gasteiger partial charge in [-0.2, -0.15) is 0 Å². The van der Waals surface area contributed by atoms with Crippen LogP contribution in [0.2, 0.25) is 0 Å². The normalized spacial score (nSPS) is 10.4. The fraction of sp³-hybridized carbons (Fsp3) is 0.143. The maximum absolute atomic E-state index is 14.0. The van der Waals surface area contributed by atoms with Crippen LogP contribution in [-0.4, -0.2) is 17.5 Å². The number of rotatable bonds is 6. The van der Waals surface area contributed by atoms with Crippen LogP contribution in [-0.2, 0) is 11.3 Å². The quantitative estimate of drug-likeness (QED) is 0.671. The fourth-order valence-corrected chi connectivity index (χ4v) is 2.54. The second kappa shape index (κ2) is 8.25. The summed E-state index contributed by atoms with van der Waals surface area (Å²) in [6, 6.07) is 19.1. The zero-order valence-electron chi connectivity index (χ0n) is 14.4. The summed E-state index contributed by atoms with van der Waals surface area (Å²) in [5.74, 6) is 0.410. The SMILES string of the molecule is Cc1cccc(OCC(=O)N(Cc2ccccc2F)c2ccccn2)c1. The molecule has 4 nitrogen and oxygen atoms in total. The molecule has 5 heteroatoms. The largest absolute Gasteiger partial charge is 0.484 e. The van der Waals surface area contributed by atoms with Gasteiger partial charge in [-0.05, 0) is 42.8 Å². The molecule has 3 rings (SSSR count). The third kappa shape index (κ3) is 4.45. The van der Waals surface area contributed by atoms with Gasteiger partial charge in [0.15, 0.2) is 6.61 Å². The Bertz CT molecular complexity index is 884. The van der Waals surface area contributed by atoms with Crippen LogP contribution in [0.1, 0.15) is 11.1 Å². The number of ether oxygens (including phenoxy) is 1. The molecule has 3 aromatic rings. The summed E-state index contributed by atoms with van der Waals surface area (Å²) in [4.78, 5) is 18.4. The Morgan fingerprint density at radius 1 is 1.08 bits per heavy atom. The van der Waals surface area contributed by atoms with Gasteiger partial charge < -0.3 is 4.74 Å². The molecule has 1 amide bonds. The van der Waals surface area contributed by atoms with Crippen molar-refractivity contribution in [2.75, 3.05) is 11.5 Å². The molecule has 0 spiro atoms. The van der Waals surface area contributed by atoms with E-state index in [4.69, 9.17) is 4.74 Å². The number of halogens is 1. The Kier molecular flexibility index (Phi) is 5.59. The zero-order chi connectivity index (χ0) is 18.4. The monoisotopic (exact) mass is 350 g/mol. The number of hydrogen-bond acceptors (Lipinski definition) is 3. The number of amides is 1. The highest BCUT2D eigenvalue weighted by Crippen LogP contribution is 2.18. The van der Waals surface area contributed by atoms with E-state index in [1.807, 2.05) is 25.1 Å². The van der Waals surface area contributed by atoms with Crippen molar-refractivity contribution in [1.29, 1.82) is 0 Å². The van der Waals surface area contributed by atoms with Gasteiger partial charge in [-0.3, -0.25) is 9.69 Å². The summed E-state index contributed by atoms with van der Waals surface area (Å²) in [7, 11) is 0. The molecule has 0 saturated carbocycles. The topological polar surface area (TPSA) is 42.4 Å². The van der Waals surface area contributed by atoms with E-state index in [9.17, 15) is 9.18 Å². The van der Waals surface area contributed by atoms with E-state index in [1.54, 1.807) is 48.7 Å². The number of nitrogens with zero attached hydrogens (tertiary/aromatic N) is 2. The van der Waals surface area contributed by atoms with Crippen LogP contribution in [0.5, 0.6) is 5.75 Å². The Morgan fingerprint density at radius 2 is 1.88 bits per heavy atom. The van der Waals surface area contributed by atoms with Crippen molar-refractivity contribution in [1.82, 2.24) is 4.98 Å². The summed E-state index contributed by atoms with van der Waals surface area (Å²) in [6.07, 6.45) is 1.60. The number of hydrogen-bond donors (Lipinski definition) is 0. The van der Waals surface area contributed by atoms with E-state index in [0.29, 0.717) is 17.1 Å². The molecule has 0 bridgehead atoms. The second-order valence-corrected chi connectivity index (χ2v) is 5.86. The van der Waals surface area contributed by atoms with Crippen molar-refractivity contribution in [2.24, 2.45) is 0 Å². The lowest BCUT2D eigenvalue weighted by Gasteiger charge is -2.22. The summed E-state index contributed by atoms with van der Waals surface area (Å²) in [5, 5.41) is 0. The van der Waals surface area contributed by atoms with Gasteiger partial charge >= 0.3 is 0 Å². The number of pyridine rings is 1. The number of anilines is 1. The molecule has 0 N–H and O–H groups in total. The molecule has 0 radical (unpaired) electrons. The van der Waals surface area contributed by atoms with Gasteiger partial charge in [0.1, 0.15) is 17.4 Å². The Morgan fingerprint density at radius 3 is 2.62 bits per heavy atom. The van der Waals surface area contributed by atoms with Crippen LogP contribution in [0.4, 0.5) is 10.2 Å². The number of carbonyl (C=O) groups is 1. The summed E-state index contributed by atoms with van der Waals surface area (Å²) in [5.41, 5.74) is 1.46. The molecule has 0 aliphatic rings. The highest BCUT2D eigenvalue weighted by atomic mass is 19.1. The van der Waals surface area contributed by atoms with Crippen LogP contribution < -0.4 is 9.64 Å². The standard InChI is InChI=1S/C21H19FN2O2/c1-16-7-6-9-18(13-16)26-15-21(25)24(20-11-4-5-12-23-20)14-17-8-2-3-10-19(17)22/h2-13H,14-15H2,1H3. The van der Waals surface area contributed by atoms with Crippen LogP contribution in [0.15, 0.2) is 72.9 Å². The molecule has 0 saturated heterocycles. The van der Waals surface area contributed by atoms with Crippen molar-refractivity contribution in [3.8, 4) is 5.75 Å². The van der Waals surface area contributed by atoms with Gasteiger partial charge in [-0.15, -0.1) is 0 Å². The van der Waals surface area contributed by atoms with Crippen molar-refractivity contribution in [3.63, 3.8) is 0 Å². The molecular weight excluding hydrogens is 331 g/mol. The number of aromatic nitrogens is 1. The first-order valence-corrected chi connectivity index (χ1v) is 8.28. The van der Waals surface area contributed by atoms with Gasteiger partial charge in [-0.1, -0.05) is 36.4 Å². The molecule has 132 valence electrons. The van der Waals surface area contributed by atoms with E-state index in [-0.39, 0.29) is 24.9 Å². The minimum atomic E-state index is -0.360. The smallest absolute Gasteiger partial charge is 0.266 e. The third-order valence-electron chi connectivity index (χ3n) is 3.87. The first-order valence-electron chi connectivity index (χ1n) is 8.28. The highest BCUT2D eigenvalue weighted by Gasteiger charge is 2.19. The lowest BCUT2D eigenvalue weighted by molar-refractivity contribution is -0.120. The highest BCUT2D eigenvalue weighted by molar-refractivity contribution is 5.93. The van der Waals surface area contributed by atoms with E-state index in [1.165, 1.54) is 11.0 Å². The zero-order valence-corrected chi connectivity index (χ0v) is 14.4. The Hall–Kier alpha value is -3.21.